The topological polar surface area (TPSA) is 107 Å². The van der Waals surface area contributed by atoms with Crippen LogP contribution in [0.3, 0.4) is 0 Å². The number of carbonyl (C=O) groups is 1. The normalized spacial score (nSPS) is 10.7. The molecule has 4 rings (SSSR count). The van der Waals surface area contributed by atoms with E-state index < -0.39 is 22.4 Å². The summed E-state index contributed by atoms with van der Waals surface area (Å²) < 4.78 is 19.1. The first-order valence-electron chi connectivity index (χ1n) is 9.21. The van der Waals surface area contributed by atoms with Gasteiger partial charge in [-0.2, -0.15) is 0 Å². The number of aromatic nitrogens is 2. The number of rotatable bonds is 5. The summed E-state index contributed by atoms with van der Waals surface area (Å²) in [6.45, 7) is 0. The Balaban J connectivity index is 1.97. The third-order valence-corrected chi connectivity index (χ3v) is 5.08. The largest absolute Gasteiger partial charge is 0.465 e. The SMILES string of the molecule is COC(=O)c1cc(-c2ccncc2F)cc(Nc2ccnc3c(Cl)cccc23)c1[N+](=O)[O-]. The van der Waals surface area contributed by atoms with Gasteiger partial charge < -0.3 is 10.1 Å². The second-order valence-electron chi connectivity index (χ2n) is 6.64. The van der Waals surface area contributed by atoms with E-state index in [9.17, 15) is 19.3 Å². The highest BCUT2D eigenvalue weighted by atomic mass is 35.5. The second kappa shape index (κ2) is 8.56. The Morgan fingerprint density at radius 2 is 2.00 bits per heavy atom. The van der Waals surface area contributed by atoms with Crippen LogP contribution in [0, 0.1) is 15.9 Å². The highest BCUT2D eigenvalue weighted by Crippen LogP contribution is 2.39. The Kier molecular flexibility index (Phi) is 5.65. The van der Waals surface area contributed by atoms with Crippen LogP contribution in [-0.2, 0) is 4.74 Å². The number of nitro groups is 1. The van der Waals surface area contributed by atoms with E-state index in [1.165, 1.54) is 30.6 Å². The summed E-state index contributed by atoms with van der Waals surface area (Å²) in [7, 11) is 1.11. The number of ether oxygens (including phenoxy) is 1. The molecule has 0 spiro atoms. The minimum atomic E-state index is -0.932. The molecule has 1 N–H and O–H groups in total. The molecule has 0 aliphatic rings. The van der Waals surface area contributed by atoms with Gasteiger partial charge in [-0.3, -0.25) is 20.1 Å². The average Bonchev–Trinajstić information content (AvgIpc) is 2.79. The Morgan fingerprint density at radius 3 is 2.72 bits per heavy atom. The van der Waals surface area contributed by atoms with E-state index in [0.717, 1.165) is 13.3 Å². The summed E-state index contributed by atoms with van der Waals surface area (Å²) in [5.74, 6) is -1.58. The minimum Gasteiger partial charge on any atom is -0.465 e. The van der Waals surface area contributed by atoms with Crippen LogP contribution < -0.4 is 5.32 Å². The number of carbonyl (C=O) groups excluding carboxylic acids is 1. The molecule has 2 aromatic heterocycles. The number of benzene rings is 2. The first kappa shape index (κ1) is 21.1. The molecule has 0 fully saturated rings. The van der Waals surface area contributed by atoms with Gasteiger partial charge in [0, 0.05) is 29.0 Å². The van der Waals surface area contributed by atoms with Gasteiger partial charge in [0.1, 0.15) is 17.1 Å². The van der Waals surface area contributed by atoms with Crippen LogP contribution in [0.4, 0.5) is 21.5 Å². The highest BCUT2D eigenvalue weighted by Gasteiger charge is 2.28. The zero-order valence-electron chi connectivity index (χ0n) is 16.5. The molecule has 0 saturated carbocycles. The number of pyridine rings is 2. The van der Waals surface area contributed by atoms with Crippen molar-refractivity contribution in [2.75, 3.05) is 12.4 Å². The third-order valence-electron chi connectivity index (χ3n) is 4.77. The number of esters is 1. The van der Waals surface area contributed by atoms with Crippen molar-refractivity contribution in [1.82, 2.24) is 9.97 Å². The van der Waals surface area contributed by atoms with Crippen molar-refractivity contribution in [1.29, 1.82) is 0 Å². The van der Waals surface area contributed by atoms with Gasteiger partial charge in [0.15, 0.2) is 0 Å². The Morgan fingerprint density at radius 1 is 1.19 bits per heavy atom. The molecular weight excluding hydrogens is 439 g/mol. The first-order chi connectivity index (χ1) is 15.4. The van der Waals surface area contributed by atoms with Crippen molar-refractivity contribution in [3.63, 3.8) is 0 Å². The summed E-state index contributed by atoms with van der Waals surface area (Å²) >= 11 is 6.21. The summed E-state index contributed by atoms with van der Waals surface area (Å²) in [6.07, 6.45) is 3.89. The van der Waals surface area contributed by atoms with Gasteiger partial charge in [0.25, 0.3) is 0 Å². The van der Waals surface area contributed by atoms with Crippen molar-refractivity contribution in [2.45, 2.75) is 0 Å². The van der Waals surface area contributed by atoms with Crippen molar-refractivity contribution >= 4 is 45.5 Å². The van der Waals surface area contributed by atoms with Gasteiger partial charge in [0.05, 0.1) is 28.8 Å². The van der Waals surface area contributed by atoms with Crippen LogP contribution in [-0.4, -0.2) is 28.0 Å². The monoisotopic (exact) mass is 452 g/mol. The summed E-state index contributed by atoms with van der Waals surface area (Å²) in [5, 5.41) is 15.9. The van der Waals surface area contributed by atoms with Gasteiger partial charge in [0.2, 0.25) is 0 Å². The lowest BCUT2D eigenvalue weighted by atomic mass is 10.00. The molecule has 4 aromatic rings. The van der Waals surface area contributed by atoms with E-state index in [2.05, 4.69) is 15.3 Å². The predicted octanol–water partition coefficient (Wildman–Crippen LogP) is 5.53. The van der Waals surface area contributed by atoms with Crippen molar-refractivity contribution in [2.24, 2.45) is 0 Å². The van der Waals surface area contributed by atoms with E-state index in [1.807, 2.05) is 0 Å². The van der Waals surface area contributed by atoms with Crippen molar-refractivity contribution in [3.8, 4) is 11.1 Å². The molecule has 10 heteroatoms. The summed E-state index contributed by atoms with van der Waals surface area (Å²) in [5.41, 5.74) is 0.430. The van der Waals surface area contributed by atoms with Crippen LogP contribution in [0.2, 0.25) is 5.02 Å². The quantitative estimate of drug-likeness (QED) is 0.241. The molecule has 8 nitrogen and oxygen atoms in total. The molecule has 0 saturated heterocycles. The lowest BCUT2D eigenvalue weighted by Crippen LogP contribution is -2.09. The highest BCUT2D eigenvalue weighted by molar-refractivity contribution is 6.35. The van der Waals surface area contributed by atoms with Crippen molar-refractivity contribution in [3.05, 3.63) is 87.6 Å². The molecule has 2 heterocycles. The number of hydrogen-bond acceptors (Lipinski definition) is 7. The maximum atomic E-state index is 14.4. The Bertz CT molecular complexity index is 1380. The third kappa shape index (κ3) is 3.81. The molecule has 0 unspecified atom stereocenters. The average molecular weight is 453 g/mol. The Hall–Kier alpha value is -4.11. The molecular formula is C22H14ClFN4O4. The lowest BCUT2D eigenvalue weighted by molar-refractivity contribution is -0.384. The van der Waals surface area contributed by atoms with Gasteiger partial charge in [-0.1, -0.05) is 23.7 Å². The zero-order chi connectivity index (χ0) is 22.8. The molecule has 0 bridgehead atoms. The van der Waals surface area contributed by atoms with E-state index in [0.29, 0.717) is 21.6 Å². The number of fused-ring (bicyclic) bond motifs is 1. The standard InChI is InChI=1S/C22H14ClFN4O4/c1-32-22(29)15-9-12(13-5-7-25-11-17(13)24)10-19(21(15)28(30)31)27-18-6-8-26-20-14(18)3-2-4-16(20)23/h2-11H,1H3,(H,26,27). The van der Waals surface area contributed by atoms with Crippen LogP contribution in [0.5, 0.6) is 0 Å². The maximum absolute atomic E-state index is 14.4. The molecule has 0 radical (unpaired) electrons. The number of para-hydroxylation sites is 1. The van der Waals surface area contributed by atoms with E-state index >= 15 is 0 Å². The van der Waals surface area contributed by atoms with Gasteiger partial charge in [-0.05, 0) is 35.9 Å². The van der Waals surface area contributed by atoms with Crippen LogP contribution in [0.15, 0.2) is 61.1 Å². The fraction of sp³-hybridized carbons (Fsp3) is 0.0455. The predicted molar refractivity (Wildman–Crippen MR) is 118 cm³/mol. The number of anilines is 2. The number of nitrogens with zero attached hydrogens (tertiary/aromatic N) is 3. The maximum Gasteiger partial charge on any atom is 0.345 e. The number of nitrogens with one attached hydrogen (secondary N) is 1. The molecule has 0 amide bonds. The zero-order valence-corrected chi connectivity index (χ0v) is 17.3. The molecule has 32 heavy (non-hydrogen) atoms. The van der Waals surface area contributed by atoms with E-state index in [-0.39, 0.29) is 22.4 Å². The number of hydrogen-bond donors (Lipinski definition) is 1. The lowest BCUT2D eigenvalue weighted by Gasteiger charge is -2.14. The molecule has 0 aliphatic heterocycles. The van der Waals surface area contributed by atoms with E-state index in [1.54, 1.807) is 24.3 Å². The van der Waals surface area contributed by atoms with Gasteiger partial charge >= 0.3 is 11.7 Å². The molecule has 160 valence electrons. The van der Waals surface area contributed by atoms with E-state index in [4.69, 9.17) is 16.3 Å². The second-order valence-corrected chi connectivity index (χ2v) is 7.05. The summed E-state index contributed by atoms with van der Waals surface area (Å²) in [4.78, 5) is 31.6. The van der Waals surface area contributed by atoms with Gasteiger partial charge in [-0.25, -0.2) is 9.18 Å². The van der Waals surface area contributed by atoms with Gasteiger partial charge in [-0.15, -0.1) is 0 Å². The number of methoxy groups -OCH3 is 1. The fourth-order valence-electron chi connectivity index (χ4n) is 3.35. The minimum absolute atomic E-state index is 0.0309. The smallest absolute Gasteiger partial charge is 0.345 e. The van der Waals surface area contributed by atoms with Crippen molar-refractivity contribution < 1.29 is 18.8 Å². The first-order valence-corrected chi connectivity index (χ1v) is 9.59. The summed E-state index contributed by atoms with van der Waals surface area (Å²) in [6, 6.07) is 10.8. The van der Waals surface area contributed by atoms with Crippen LogP contribution in [0.1, 0.15) is 10.4 Å². The van der Waals surface area contributed by atoms with Crippen LogP contribution in [0.25, 0.3) is 22.0 Å². The molecule has 2 aromatic carbocycles. The number of halogens is 2. The molecule has 0 aliphatic carbocycles. The molecule has 0 atom stereocenters. The number of nitro benzene ring substituents is 1. The van der Waals surface area contributed by atoms with Crippen LogP contribution >= 0.6 is 11.6 Å². The Labute approximate surface area is 185 Å². The fourth-order valence-corrected chi connectivity index (χ4v) is 3.57.